The lowest BCUT2D eigenvalue weighted by molar-refractivity contribution is 0.132. The van der Waals surface area contributed by atoms with Gasteiger partial charge in [-0.2, -0.15) is 0 Å². The van der Waals surface area contributed by atoms with Crippen molar-refractivity contribution in [1.82, 2.24) is 4.98 Å². The molecule has 0 amide bonds. The first kappa shape index (κ1) is 12.8. The van der Waals surface area contributed by atoms with Gasteiger partial charge in [-0.25, -0.2) is 9.59 Å². The fourth-order valence-corrected chi connectivity index (χ4v) is 1.30. The van der Waals surface area contributed by atoms with Gasteiger partial charge in [0.05, 0.1) is 5.69 Å². The largest absolute Gasteiger partial charge is 0.511 e. The highest BCUT2D eigenvalue weighted by atomic mass is 16.7. The molecule has 0 aromatic carbocycles. The van der Waals surface area contributed by atoms with E-state index in [0.29, 0.717) is 11.3 Å². The number of carboxylic acid groups (broad SMARTS) is 2. The summed E-state index contributed by atoms with van der Waals surface area (Å²) in [6.45, 7) is 4.72. The molecule has 0 aliphatic rings. The summed E-state index contributed by atoms with van der Waals surface area (Å²) < 4.78 is 9.01. The van der Waals surface area contributed by atoms with Gasteiger partial charge in [0.25, 0.3) is 0 Å². The Bertz CT molecular complexity index is 482. The van der Waals surface area contributed by atoms with Gasteiger partial charge in [0.1, 0.15) is 0 Å². The molecule has 0 aliphatic heterocycles. The molecule has 1 aromatic heterocycles. The van der Waals surface area contributed by atoms with Crippen LogP contribution in [0.4, 0.5) is 9.59 Å². The van der Waals surface area contributed by atoms with Crippen LogP contribution in [0.5, 0.6) is 11.5 Å². The van der Waals surface area contributed by atoms with E-state index in [4.69, 9.17) is 10.2 Å². The van der Waals surface area contributed by atoms with E-state index in [0.717, 1.165) is 0 Å². The molecule has 1 aromatic rings. The van der Waals surface area contributed by atoms with Crippen LogP contribution in [0.25, 0.3) is 0 Å². The summed E-state index contributed by atoms with van der Waals surface area (Å²) in [6.07, 6.45) is -3.11. The number of nitrogens with zero attached hydrogens (tertiary/aromatic N) is 1. The van der Waals surface area contributed by atoms with Gasteiger partial charge in [-0.3, -0.25) is 4.98 Å². The van der Waals surface area contributed by atoms with Crippen molar-refractivity contribution >= 4 is 12.3 Å². The molecule has 0 atom stereocenters. The Balaban J connectivity index is 3.38. The first-order chi connectivity index (χ1) is 7.82. The zero-order chi connectivity index (χ0) is 13.2. The van der Waals surface area contributed by atoms with Gasteiger partial charge in [0.2, 0.25) is 0 Å². The topological polar surface area (TPSA) is 106 Å². The minimum absolute atomic E-state index is 0.148. The number of ether oxygens (including phenoxy) is 2. The van der Waals surface area contributed by atoms with E-state index in [1.165, 1.54) is 6.92 Å². The quantitative estimate of drug-likeness (QED) is 0.763. The lowest BCUT2D eigenvalue weighted by Gasteiger charge is -2.13. The Morgan fingerprint density at radius 2 is 1.41 bits per heavy atom. The Labute approximate surface area is 96.6 Å². The molecule has 92 valence electrons. The molecule has 1 heterocycles. The van der Waals surface area contributed by atoms with E-state index in [2.05, 4.69) is 14.5 Å². The molecule has 17 heavy (non-hydrogen) atoms. The number of carbonyl (C=O) groups is 2. The molecule has 7 nitrogen and oxygen atoms in total. The third kappa shape index (κ3) is 2.83. The SMILES string of the molecule is Cc1nc(C)c(OC(=O)O)c(OC(=O)O)c1C. The Hall–Kier alpha value is -2.31. The minimum atomic E-state index is -1.56. The van der Waals surface area contributed by atoms with E-state index in [1.807, 2.05) is 0 Å². The van der Waals surface area contributed by atoms with Crippen molar-refractivity contribution in [2.45, 2.75) is 20.8 Å². The van der Waals surface area contributed by atoms with Crippen molar-refractivity contribution in [3.63, 3.8) is 0 Å². The fourth-order valence-electron chi connectivity index (χ4n) is 1.30. The summed E-state index contributed by atoms with van der Waals surface area (Å²) in [5.74, 6) is -0.354. The molecule has 0 bridgehead atoms. The van der Waals surface area contributed by atoms with Gasteiger partial charge < -0.3 is 19.7 Å². The standard InChI is InChI=1S/C10H11NO6/c1-4-5(2)11-6(3)8(17-10(14)15)7(4)16-9(12)13/h1-3H3,(H,12,13)(H,14,15). The zero-order valence-electron chi connectivity index (χ0n) is 9.47. The maximum absolute atomic E-state index is 10.5. The number of hydrogen-bond donors (Lipinski definition) is 2. The molecular weight excluding hydrogens is 230 g/mol. The number of rotatable bonds is 2. The van der Waals surface area contributed by atoms with Crippen molar-refractivity contribution in [2.24, 2.45) is 0 Å². The van der Waals surface area contributed by atoms with Gasteiger partial charge in [-0.1, -0.05) is 0 Å². The van der Waals surface area contributed by atoms with Gasteiger partial charge in [-0.05, 0) is 20.8 Å². The van der Waals surface area contributed by atoms with Gasteiger partial charge in [0.15, 0.2) is 11.5 Å². The highest BCUT2D eigenvalue weighted by Gasteiger charge is 2.20. The molecule has 2 N–H and O–H groups in total. The monoisotopic (exact) mass is 241 g/mol. The predicted molar refractivity (Wildman–Crippen MR) is 55.8 cm³/mol. The number of aromatic nitrogens is 1. The van der Waals surface area contributed by atoms with E-state index in [-0.39, 0.29) is 17.2 Å². The molecule has 0 aliphatic carbocycles. The summed E-state index contributed by atoms with van der Waals surface area (Å²) >= 11 is 0. The number of hydrogen-bond acceptors (Lipinski definition) is 5. The van der Waals surface area contributed by atoms with Gasteiger partial charge in [0, 0.05) is 11.3 Å². The molecular formula is C10H11NO6. The molecule has 0 unspecified atom stereocenters. The zero-order valence-corrected chi connectivity index (χ0v) is 9.47. The van der Waals surface area contributed by atoms with E-state index in [1.54, 1.807) is 13.8 Å². The van der Waals surface area contributed by atoms with Crippen molar-refractivity contribution in [1.29, 1.82) is 0 Å². The van der Waals surface area contributed by atoms with Crippen LogP contribution in [0.15, 0.2) is 0 Å². The van der Waals surface area contributed by atoms with E-state index in [9.17, 15) is 9.59 Å². The molecule has 0 saturated heterocycles. The normalized spacial score (nSPS) is 9.82. The molecule has 1 rings (SSSR count). The van der Waals surface area contributed by atoms with Crippen molar-refractivity contribution in [2.75, 3.05) is 0 Å². The van der Waals surface area contributed by atoms with Crippen LogP contribution in [0, 0.1) is 20.8 Å². The summed E-state index contributed by atoms with van der Waals surface area (Å²) in [5, 5.41) is 17.1. The lowest BCUT2D eigenvalue weighted by Crippen LogP contribution is -2.12. The summed E-state index contributed by atoms with van der Waals surface area (Å²) in [4.78, 5) is 25.1. The third-order valence-electron chi connectivity index (χ3n) is 2.13. The summed E-state index contributed by atoms with van der Waals surface area (Å²) in [5.41, 5.74) is 1.19. The Morgan fingerprint density at radius 1 is 0.941 bits per heavy atom. The number of aryl methyl sites for hydroxylation is 2. The molecule has 0 radical (unpaired) electrons. The van der Waals surface area contributed by atoms with Crippen LogP contribution in [0.3, 0.4) is 0 Å². The average Bonchev–Trinajstić information content (AvgIpc) is 2.19. The second kappa shape index (κ2) is 4.69. The third-order valence-corrected chi connectivity index (χ3v) is 2.13. The second-order valence-electron chi connectivity index (χ2n) is 3.30. The van der Waals surface area contributed by atoms with Crippen LogP contribution < -0.4 is 9.47 Å². The molecule has 7 heteroatoms. The van der Waals surface area contributed by atoms with Crippen molar-refractivity contribution in [3.8, 4) is 11.5 Å². The maximum atomic E-state index is 10.5. The minimum Gasteiger partial charge on any atom is -0.449 e. The van der Waals surface area contributed by atoms with E-state index >= 15 is 0 Å². The molecule has 0 spiro atoms. The second-order valence-corrected chi connectivity index (χ2v) is 3.30. The highest BCUT2D eigenvalue weighted by molar-refractivity contribution is 5.69. The maximum Gasteiger partial charge on any atom is 0.511 e. The number of pyridine rings is 1. The summed E-state index contributed by atoms with van der Waals surface area (Å²) in [6, 6.07) is 0. The average molecular weight is 241 g/mol. The summed E-state index contributed by atoms with van der Waals surface area (Å²) in [7, 11) is 0. The fraction of sp³-hybridized carbons (Fsp3) is 0.300. The lowest BCUT2D eigenvalue weighted by atomic mass is 10.1. The van der Waals surface area contributed by atoms with E-state index < -0.39 is 12.3 Å². The van der Waals surface area contributed by atoms with Crippen LogP contribution in [0.1, 0.15) is 17.0 Å². The first-order valence-electron chi connectivity index (χ1n) is 4.62. The van der Waals surface area contributed by atoms with Crippen molar-refractivity contribution < 1.29 is 29.3 Å². The Morgan fingerprint density at radius 3 is 1.88 bits per heavy atom. The predicted octanol–water partition coefficient (Wildman–Crippen LogP) is 2.12. The molecule has 0 saturated carbocycles. The smallest absolute Gasteiger partial charge is 0.449 e. The van der Waals surface area contributed by atoms with Crippen LogP contribution in [0.2, 0.25) is 0 Å². The molecule has 0 fully saturated rings. The van der Waals surface area contributed by atoms with Crippen LogP contribution in [-0.4, -0.2) is 27.5 Å². The highest BCUT2D eigenvalue weighted by Crippen LogP contribution is 2.35. The van der Waals surface area contributed by atoms with Crippen molar-refractivity contribution in [3.05, 3.63) is 17.0 Å². The van der Waals surface area contributed by atoms with Gasteiger partial charge in [-0.15, -0.1) is 0 Å². The first-order valence-corrected chi connectivity index (χ1v) is 4.62. The van der Waals surface area contributed by atoms with Crippen LogP contribution in [-0.2, 0) is 0 Å². The Kier molecular flexibility index (Phi) is 3.52. The van der Waals surface area contributed by atoms with Gasteiger partial charge >= 0.3 is 12.3 Å². The van der Waals surface area contributed by atoms with Crippen LogP contribution >= 0.6 is 0 Å².